The number of rotatable bonds is 4. The van der Waals surface area contributed by atoms with Crippen LogP contribution in [0.5, 0.6) is 0 Å². The minimum atomic E-state index is -0.611. The maximum absolute atomic E-state index is 11.2. The minimum absolute atomic E-state index is 0.242. The van der Waals surface area contributed by atoms with Gasteiger partial charge in [-0.25, -0.2) is 0 Å². The maximum Gasteiger partial charge on any atom is 0.303 e. The monoisotopic (exact) mass is 252 g/mol. The van der Waals surface area contributed by atoms with Gasteiger partial charge in [0, 0.05) is 32.6 Å². The van der Waals surface area contributed by atoms with E-state index in [9.17, 15) is 9.90 Å². The molecule has 102 valence electrons. The summed E-state index contributed by atoms with van der Waals surface area (Å²) in [4.78, 5) is 16.3. The lowest BCUT2D eigenvalue weighted by Gasteiger charge is -2.64. The lowest BCUT2D eigenvalue weighted by Crippen LogP contribution is -2.71. The lowest BCUT2D eigenvalue weighted by molar-refractivity contribution is -0.177. The molecule has 4 heteroatoms. The first-order chi connectivity index (χ1) is 8.48. The van der Waals surface area contributed by atoms with Crippen LogP contribution in [0.15, 0.2) is 0 Å². The SMILES string of the molecule is CC(C)CC12CN3CC(CN(C3)C1)C2CC(=O)O. The first kappa shape index (κ1) is 12.4. The van der Waals surface area contributed by atoms with Crippen LogP contribution in [0, 0.1) is 23.2 Å². The first-order valence-electron chi connectivity index (χ1n) is 7.15. The van der Waals surface area contributed by atoms with E-state index in [1.54, 1.807) is 0 Å². The van der Waals surface area contributed by atoms with E-state index in [0.717, 1.165) is 32.8 Å². The molecule has 0 radical (unpaired) electrons. The van der Waals surface area contributed by atoms with Gasteiger partial charge in [-0.05, 0) is 29.6 Å². The third-order valence-electron chi connectivity index (χ3n) is 5.03. The van der Waals surface area contributed by atoms with E-state index in [4.69, 9.17) is 0 Å². The van der Waals surface area contributed by atoms with Crippen molar-refractivity contribution in [1.29, 1.82) is 0 Å². The van der Waals surface area contributed by atoms with Gasteiger partial charge >= 0.3 is 5.97 Å². The van der Waals surface area contributed by atoms with Crippen molar-refractivity contribution in [2.45, 2.75) is 26.7 Å². The molecule has 4 rings (SSSR count). The zero-order valence-electron chi connectivity index (χ0n) is 11.4. The molecule has 4 aliphatic heterocycles. The fourth-order valence-electron chi connectivity index (χ4n) is 4.94. The van der Waals surface area contributed by atoms with E-state index in [0.29, 0.717) is 24.2 Å². The normalized spacial score (nSPS) is 45.7. The van der Waals surface area contributed by atoms with Crippen molar-refractivity contribution in [3.63, 3.8) is 0 Å². The number of piperidine rings is 2. The third-order valence-corrected chi connectivity index (χ3v) is 5.03. The van der Waals surface area contributed by atoms with Gasteiger partial charge in [-0.2, -0.15) is 0 Å². The summed E-state index contributed by atoms with van der Waals surface area (Å²) in [6, 6.07) is 0. The Morgan fingerprint density at radius 3 is 2.44 bits per heavy atom. The minimum Gasteiger partial charge on any atom is -0.481 e. The molecule has 4 fully saturated rings. The van der Waals surface area contributed by atoms with Gasteiger partial charge in [0.15, 0.2) is 0 Å². The van der Waals surface area contributed by atoms with Crippen LogP contribution in [0.25, 0.3) is 0 Å². The Kier molecular flexibility index (Phi) is 2.90. The van der Waals surface area contributed by atoms with E-state index in [-0.39, 0.29) is 5.41 Å². The predicted octanol–water partition coefficient (Wildman–Crippen LogP) is 1.33. The summed E-state index contributed by atoms with van der Waals surface area (Å²) in [5.41, 5.74) is 0.242. The van der Waals surface area contributed by atoms with Gasteiger partial charge < -0.3 is 5.11 Å². The Bertz CT molecular complexity index is 336. The standard InChI is InChI=1S/C14H24N2O2/c1-10(2)4-14-7-15-5-11(6-16(8-14)9-15)12(14)3-13(17)18/h10-12H,3-9H2,1-2H3,(H,17,18). The van der Waals surface area contributed by atoms with Crippen LogP contribution in [-0.4, -0.2) is 53.7 Å². The average molecular weight is 252 g/mol. The number of carboxylic acids is 1. The predicted molar refractivity (Wildman–Crippen MR) is 69.1 cm³/mol. The number of aliphatic carboxylic acids is 1. The van der Waals surface area contributed by atoms with Gasteiger partial charge in [-0.3, -0.25) is 14.6 Å². The highest BCUT2D eigenvalue weighted by Crippen LogP contribution is 2.51. The summed E-state index contributed by atoms with van der Waals surface area (Å²) in [7, 11) is 0. The van der Waals surface area contributed by atoms with E-state index < -0.39 is 5.97 Å². The van der Waals surface area contributed by atoms with Crippen LogP contribution in [0.3, 0.4) is 0 Å². The Hall–Kier alpha value is -0.610. The largest absolute Gasteiger partial charge is 0.481 e. The van der Waals surface area contributed by atoms with Gasteiger partial charge in [0.2, 0.25) is 0 Å². The molecule has 0 aromatic rings. The molecule has 4 aliphatic rings. The van der Waals surface area contributed by atoms with Gasteiger partial charge in [-0.1, -0.05) is 13.8 Å². The molecule has 3 unspecified atom stereocenters. The van der Waals surface area contributed by atoms with E-state index in [1.807, 2.05) is 0 Å². The molecule has 0 saturated carbocycles. The average Bonchev–Trinajstić information content (AvgIpc) is 2.20. The van der Waals surface area contributed by atoms with Crippen LogP contribution >= 0.6 is 0 Å². The number of hydrogen-bond donors (Lipinski definition) is 1. The number of carbonyl (C=O) groups is 1. The Balaban J connectivity index is 1.88. The molecule has 4 nitrogen and oxygen atoms in total. The summed E-state index contributed by atoms with van der Waals surface area (Å²) in [5, 5.41) is 9.22. The summed E-state index contributed by atoms with van der Waals surface area (Å²) in [6.45, 7) is 10.1. The molecule has 0 amide bonds. The first-order valence-corrected chi connectivity index (χ1v) is 7.15. The highest BCUT2D eigenvalue weighted by atomic mass is 16.4. The molecule has 18 heavy (non-hydrogen) atoms. The van der Waals surface area contributed by atoms with Crippen molar-refractivity contribution < 1.29 is 9.90 Å². The van der Waals surface area contributed by atoms with Crippen LogP contribution in [0.2, 0.25) is 0 Å². The van der Waals surface area contributed by atoms with Crippen molar-refractivity contribution in [1.82, 2.24) is 9.80 Å². The summed E-state index contributed by atoms with van der Waals surface area (Å²) < 4.78 is 0. The summed E-state index contributed by atoms with van der Waals surface area (Å²) in [6.07, 6.45) is 1.55. The van der Waals surface area contributed by atoms with Crippen molar-refractivity contribution in [2.24, 2.45) is 23.2 Å². The summed E-state index contributed by atoms with van der Waals surface area (Å²) in [5.74, 6) is 1.02. The smallest absolute Gasteiger partial charge is 0.303 e. The third kappa shape index (κ3) is 1.95. The van der Waals surface area contributed by atoms with Gasteiger partial charge in [0.1, 0.15) is 0 Å². The molecule has 4 bridgehead atoms. The number of hydrogen-bond acceptors (Lipinski definition) is 3. The summed E-state index contributed by atoms with van der Waals surface area (Å²) >= 11 is 0. The second-order valence-corrected chi connectivity index (χ2v) is 7.09. The van der Waals surface area contributed by atoms with Crippen molar-refractivity contribution in [2.75, 3.05) is 32.8 Å². The fourth-order valence-corrected chi connectivity index (χ4v) is 4.94. The zero-order chi connectivity index (χ0) is 12.9. The molecule has 0 spiro atoms. The molecule has 1 N–H and O–H groups in total. The molecular formula is C14H24N2O2. The van der Waals surface area contributed by atoms with Gasteiger partial charge in [0.05, 0.1) is 6.67 Å². The Labute approximate surface area is 109 Å². The topological polar surface area (TPSA) is 43.8 Å². The van der Waals surface area contributed by atoms with Crippen LogP contribution < -0.4 is 0 Å². The molecule has 0 aromatic carbocycles. The van der Waals surface area contributed by atoms with E-state index in [2.05, 4.69) is 23.6 Å². The second kappa shape index (κ2) is 4.20. The van der Waals surface area contributed by atoms with Gasteiger partial charge in [-0.15, -0.1) is 0 Å². The van der Waals surface area contributed by atoms with Crippen LogP contribution in [-0.2, 0) is 4.79 Å². The highest BCUT2D eigenvalue weighted by molar-refractivity contribution is 5.67. The number of carboxylic acid groups (broad SMARTS) is 1. The fraction of sp³-hybridized carbons (Fsp3) is 0.929. The van der Waals surface area contributed by atoms with Crippen molar-refractivity contribution in [3.05, 3.63) is 0 Å². The Morgan fingerprint density at radius 2 is 1.94 bits per heavy atom. The van der Waals surface area contributed by atoms with Crippen molar-refractivity contribution >= 4 is 5.97 Å². The molecular weight excluding hydrogens is 228 g/mol. The number of nitrogens with zero attached hydrogens (tertiary/aromatic N) is 2. The van der Waals surface area contributed by atoms with Crippen LogP contribution in [0.4, 0.5) is 0 Å². The molecule has 4 heterocycles. The van der Waals surface area contributed by atoms with Gasteiger partial charge in [0.25, 0.3) is 0 Å². The van der Waals surface area contributed by atoms with E-state index in [1.165, 1.54) is 6.42 Å². The highest BCUT2D eigenvalue weighted by Gasteiger charge is 2.56. The molecule has 3 atom stereocenters. The second-order valence-electron chi connectivity index (χ2n) is 7.09. The molecule has 0 aliphatic carbocycles. The Morgan fingerprint density at radius 1 is 1.33 bits per heavy atom. The van der Waals surface area contributed by atoms with Crippen molar-refractivity contribution in [3.8, 4) is 0 Å². The quantitative estimate of drug-likeness (QED) is 0.820. The molecule has 0 aromatic heterocycles. The molecule has 4 saturated heterocycles. The van der Waals surface area contributed by atoms with E-state index >= 15 is 0 Å². The maximum atomic E-state index is 11.2. The zero-order valence-corrected chi connectivity index (χ0v) is 11.4. The van der Waals surface area contributed by atoms with Crippen LogP contribution in [0.1, 0.15) is 26.7 Å². The lowest BCUT2D eigenvalue weighted by atomic mass is 9.58.